The molecule has 9 heteroatoms. The van der Waals surface area contributed by atoms with E-state index in [0.717, 1.165) is 6.07 Å². The average molecular weight is 375 g/mol. The maximum atomic E-state index is 12.1. The predicted octanol–water partition coefficient (Wildman–Crippen LogP) is 2.91. The van der Waals surface area contributed by atoms with E-state index in [4.69, 9.17) is 4.74 Å². The van der Waals surface area contributed by atoms with Crippen LogP contribution in [-0.2, 0) is 9.84 Å². The Balaban J connectivity index is 2.06. The SMILES string of the molecule is O=S1(=O)CCC(Oc2ccc(OC(F)(F)F)c(Br)c2)C1. The van der Waals surface area contributed by atoms with Gasteiger partial charge in [0, 0.05) is 0 Å². The molecular weight excluding hydrogens is 365 g/mol. The number of benzene rings is 1. The van der Waals surface area contributed by atoms with Gasteiger partial charge in [-0.2, -0.15) is 0 Å². The molecule has 1 fully saturated rings. The van der Waals surface area contributed by atoms with Crippen molar-refractivity contribution in [3.8, 4) is 11.5 Å². The van der Waals surface area contributed by atoms with Crippen molar-refractivity contribution in [2.45, 2.75) is 18.9 Å². The summed E-state index contributed by atoms with van der Waals surface area (Å²) in [6.07, 6.45) is -4.87. The number of sulfone groups is 1. The molecule has 1 saturated heterocycles. The van der Waals surface area contributed by atoms with Crippen molar-refractivity contribution in [3.05, 3.63) is 22.7 Å². The van der Waals surface area contributed by atoms with Crippen molar-refractivity contribution in [2.75, 3.05) is 11.5 Å². The zero-order valence-corrected chi connectivity index (χ0v) is 12.4. The van der Waals surface area contributed by atoms with Crippen LogP contribution in [0.1, 0.15) is 6.42 Å². The topological polar surface area (TPSA) is 52.6 Å². The smallest absolute Gasteiger partial charge is 0.489 e. The summed E-state index contributed by atoms with van der Waals surface area (Å²) in [5.74, 6) is -0.114. The first-order valence-electron chi connectivity index (χ1n) is 5.57. The molecule has 0 N–H and O–H groups in total. The lowest BCUT2D eigenvalue weighted by Gasteiger charge is -2.14. The van der Waals surface area contributed by atoms with Gasteiger partial charge in [-0.25, -0.2) is 8.42 Å². The fourth-order valence-electron chi connectivity index (χ4n) is 1.81. The van der Waals surface area contributed by atoms with E-state index in [1.54, 1.807) is 0 Å². The molecule has 20 heavy (non-hydrogen) atoms. The molecule has 0 aromatic heterocycles. The van der Waals surface area contributed by atoms with Crippen molar-refractivity contribution in [1.29, 1.82) is 0 Å². The molecule has 2 rings (SSSR count). The van der Waals surface area contributed by atoms with Gasteiger partial charge in [0.15, 0.2) is 9.84 Å². The van der Waals surface area contributed by atoms with E-state index < -0.39 is 22.3 Å². The molecule has 4 nitrogen and oxygen atoms in total. The van der Waals surface area contributed by atoms with Gasteiger partial charge < -0.3 is 9.47 Å². The van der Waals surface area contributed by atoms with Gasteiger partial charge in [0.1, 0.15) is 17.6 Å². The molecule has 1 aromatic carbocycles. The summed E-state index contributed by atoms with van der Waals surface area (Å²) in [5.41, 5.74) is 0. The number of hydrogen-bond acceptors (Lipinski definition) is 4. The van der Waals surface area contributed by atoms with Crippen LogP contribution in [0.3, 0.4) is 0 Å². The minimum absolute atomic E-state index is 0.0636. The predicted molar refractivity (Wildman–Crippen MR) is 68.5 cm³/mol. The van der Waals surface area contributed by atoms with Crippen LogP contribution in [-0.4, -0.2) is 32.4 Å². The Morgan fingerprint density at radius 1 is 1.30 bits per heavy atom. The number of hydrogen-bond donors (Lipinski definition) is 0. The molecule has 0 spiro atoms. The third-order valence-electron chi connectivity index (χ3n) is 2.62. The van der Waals surface area contributed by atoms with Crippen LogP contribution in [0.15, 0.2) is 22.7 Å². The molecule has 112 valence electrons. The summed E-state index contributed by atoms with van der Waals surface area (Å²) in [6.45, 7) is 0. The van der Waals surface area contributed by atoms with Crippen molar-refractivity contribution in [2.24, 2.45) is 0 Å². The van der Waals surface area contributed by atoms with E-state index in [1.165, 1.54) is 12.1 Å². The Morgan fingerprint density at radius 3 is 2.50 bits per heavy atom. The van der Waals surface area contributed by atoms with Crippen LogP contribution in [0.2, 0.25) is 0 Å². The van der Waals surface area contributed by atoms with Crippen molar-refractivity contribution >= 4 is 25.8 Å². The lowest BCUT2D eigenvalue weighted by atomic mass is 10.3. The molecule has 1 unspecified atom stereocenters. The van der Waals surface area contributed by atoms with E-state index in [9.17, 15) is 21.6 Å². The second-order valence-electron chi connectivity index (χ2n) is 4.28. The summed E-state index contributed by atoms with van der Waals surface area (Å²) in [6, 6.07) is 3.72. The molecule has 0 radical (unpaired) electrons. The zero-order valence-electron chi connectivity index (χ0n) is 9.98. The highest BCUT2D eigenvalue weighted by Crippen LogP contribution is 2.34. The molecule has 0 amide bonds. The first-order chi connectivity index (χ1) is 9.15. The summed E-state index contributed by atoms with van der Waals surface area (Å²) < 4.78 is 68.1. The molecule has 0 aliphatic carbocycles. The zero-order chi connectivity index (χ0) is 15.0. The van der Waals surface area contributed by atoms with Gasteiger partial charge >= 0.3 is 6.36 Å². The number of halogens is 4. The number of alkyl halides is 3. The monoisotopic (exact) mass is 374 g/mol. The number of rotatable bonds is 3. The first kappa shape index (κ1) is 15.4. The Hall–Kier alpha value is -0.960. The minimum Gasteiger partial charge on any atom is -0.489 e. The fourth-order valence-corrected chi connectivity index (χ4v) is 3.84. The van der Waals surface area contributed by atoms with Gasteiger partial charge in [-0.3, -0.25) is 0 Å². The van der Waals surface area contributed by atoms with Gasteiger partial charge in [0.2, 0.25) is 0 Å². The highest BCUT2D eigenvalue weighted by Gasteiger charge is 2.32. The van der Waals surface area contributed by atoms with Crippen LogP contribution in [0.25, 0.3) is 0 Å². The molecule has 1 aliphatic rings. The summed E-state index contributed by atoms with van der Waals surface area (Å²) in [7, 11) is -3.07. The average Bonchev–Trinajstić information content (AvgIpc) is 2.60. The van der Waals surface area contributed by atoms with E-state index >= 15 is 0 Å². The Labute approximate surface area is 121 Å². The molecular formula is C11H10BrF3O4S. The van der Waals surface area contributed by atoms with Crippen molar-refractivity contribution < 1.29 is 31.1 Å². The van der Waals surface area contributed by atoms with Crippen LogP contribution in [0.4, 0.5) is 13.2 Å². The Bertz CT molecular complexity index is 600. The van der Waals surface area contributed by atoms with Crippen LogP contribution in [0, 0.1) is 0 Å². The van der Waals surface area contributed by atoms with Gasteiger partial charge in [0.05, 0.1) is 16.0 Å². The van der Waals surface area contributed by atoms with E-state index in [-0.39, 0.29) is 27.5 Å². The van der Waals surface area contributed by atoms with Gasteiger partial charge in [-0.15, -0.1) is 13.2 Å². The first-order valence-corrected chi connectivity index (χ1v) is 8.18. The summed E-state index contributed by atoms with van der Waals surface area (Å²) in [5, 5.41) is 0. The third-order valence-corrected chi connectivity index (χ3v) is 4.98. The van der Waals surface area contributed by atoms with Gasteiger partial charge in [-0.05, 0) is 40.5 Å². The van der Waals surface area contributed by atoms with Crippen molar-refractivity contribution in [3.63, 3.8) is 0 Å². The minimum atomic E-state index is -4.77. The van der Waals surface area contributed by atoms with E-state index in [2.05, 4.69) is 20.7 Å². The second kappa shape index (κ2) is 5.44. The highest BCUT2D eigenvalue weighted by molar-refractivity contribution is 9.10. The van der Waals surface area contributed by atoms with Gasteiger partial charge in [0.25, 0.3) is 0 Å². The van der Waals surface area contributed by atoms with Crippen LogP contribution >= 0.6 is 15.9 Å². The molecule has 0 saturated carbocycles. The molecule has 1 aliphatic heterocycles. The maximum absolute atomic E-state index is 12.1. The maximum Gasteiger partial charge on any atom is 0.573 e. The highest BCUT2D eigenvalue weighted by atomic mass is 79.9. The van der Waals surface area contributed by atoms with Crippen LogP contribution in [0.5, 0.6) is 11.5 Å². The summed E-state index contributed by atoms with van der Waals surface area (Å²) in [4.78, 5) is 0. The molecule has 0 bridgehead atoms. The lowest BCUT2D eigenvalue weighted by molar-refractivity contribution is -0.274. The standard InChI is InChI=1S/C11H10BrF3O4S/c12-9-5-7(1-2-10(9)19-11(13,14)15)18-8-3-4-20(16,17)6-8/h1-2,5,8H,3-4,6H2. The fraction of sp³-hybridized carbons (Fsp3) is 0.455. The largest absolute Gasteiger partial charge is 0.573 e. The Kier molecular flexibility index (Phi) is 4.19. The van der Waals surface area contributed by atoms with Gasteiger partial charge in [-0.1, -0.05) is 0 Å². The third kappa shape index (κ3) is 4.27. The van der Waals surface area contributed by atoms with Crippen molar-refractivity contribution in [1.82, 2.24) is 0 Å². The molecule has 1 heterocycles. The van der Waals surface area contributed by atoms with Crippen LogP contribution < -0.4 is 9.47 Å². The Morgan fingerprint density at radius 2 is 2.00 bits per heavy atom. The summed E-state index contributed by atoms with van der Waals surface area (Å²) >= 11 is 2.95. The lowest BCUT2D eigenvalue weighted by Crippen LogP contribution is -2.18. The van der Waals surface area contributed by atoms with E-state index in [0.29, 0.717) is 6.42 Å². The molecule has 1 aromatic rings. The normalized spacial score (nSPS) is 21.7. The molecule has 1 atom stereocenters. The van der Waals surface area contributed by atoms with E-state index in [1.807, 2.05) is 0 Å². The second-order valence-corrected chi connectivity index (χ2v) is 7.37. The quantitative estimate of drug-likeness (QED) is 0.816. The number of ether oxygens (including phenoxy) is 2.